The Morgan fingerprint density at radius 2 is 2.11 bits per heavy atom. The van der Waals surface area contributed by atoms with Gasteiger partial charge in [-0.25, -0.2) is 9.37 Å². The fourth-order valence-electron chi connectivity index (χ4n) is 1.40. The van der Waals surface area contributed by atoms with Crippen molar-refractivity contribution < 1.29 is 14.3 Å². The van der Waals surface area contributed by atoms with Crippen molar-refractivity contribution in [3.63, 3.8) is 0 Å². The number of carbonyl (C=O) groups excluding carboxylic acids is 1. The van der Waals surface area contributed by atoms with E-state index in [0.717, 1.165) is 6.07 Å². The number of rotatable bonds is 2. The first-order chi connectivity index (χ1) is 8.59. The lowest BCUT2D eigenvalue weighted by Crippen LogP contribution is -2.14. The smallest absolute Gasteiger partial charge is 0.262 e. The minimum Gasteiger partial charge on any atom is -0.507 e. The first-order valence-corrected chi connectivity index (χ1v) is 5.78. The third kappa shape index (κ3) is 2.48. The lowest BCUT2D eigenvalue weighted by Gasteiger charge is -2.08. The van der Waals surface area contributed by atoms with E-state index in [-0.39, 0.29) is 0 Å². The highest BCUT2D eigenvalue weighted by Crippen LogP contribution is 2.23. The lowest BCUT2D eigenvalue weighted by molar-refractivity contribution is 0.102. The highest BCUT2D eigenvalue weighted by Gasteiger charge is 2.17. The number of aromatic hydroxyl groups is 1. The van der Waals surface area contributed by atoms with Crippen molar-refractivity contribution in [2.45, 2.75) is 0 Å². The summed E-state index contributed by atoms with van der Waals surface area (Å²) in [4.78, 5) is 15.8. The zero-order valence-electron chi connectivity index (χ0n) is 9.02. The molecule has 0 unspecified atom stereocenters. The Bertz CT molecular complexity index is 584. The second-order valence-electron chi connectivity index (χ2n) is 3.43. The quantitative estimate of drug-likeness (QED) is 0.838. The molecule has 0 atom stereocenters. The number of nitrogens with one attached hydrogen (secondary N) is 1. The Morgan fingerprint density at radius 3 is 2.78 bits per heavy atom. The van der Waals surface area contributed by atoms with Gasteiger partial charge < -0.3 is 10.4 Å². The predicted octanol–water partition coefficient (Wildman–Crippen LogP) is 2.94. The van der Waals surface area contributed by atoms with E-state index in [4.69, 9.17) is 0 Å². The van der Waals surface area contributed by atoms with E-state index in [0.29, 0.717) is 10.3 Å². The van der Waals surface area contributed by atoms with E-state index in [9.17, 15) is 14.3 Å². The van der Waals surface area contributed by atoms with Gasteiger partial charge in [0.25, 0.3) is 5.91 Å². The molecule has 0 saturated heterocycles. The molecule has 92 valence electrons. The van der Waals surface area contributed by atoms with Gasteiger partial charge in [-0.05, 0) is 40.2 Å². The maximum atomic E-state index is 13.5. The van der Waals surface area contributed by atoms with Crippen LogP contribution in [0.2, 0.25) is 0 Å². The third-order valence-corrected chi connectivity index (χ3v) is 2.86. The van der Waals surface area contributed by atoms with Crippen molar-refractivity contribution in [1.82, 2.24) is 4.98 Å². The first kappa shape index (κ1) is 12.5. The van der Waals surface area contributed by atoms with E-state index in [1.54, 1.807) is 18.3 Å². The molecule has 18 heavy (non-hydrogen) atoms. The van der Waals surface area contributed by atoms with Crippen molar-refractivity contribution in [1.29, 1.82) is 0 Å². The van der Waals surface area contributed by atoms with Crippen molar-refractivity contribution in [3.8, 4) is 5.75 Å². The topological polar surface area (TPSA) is 62.2 Å². The van der Waals surface area contributed by atoms with Crippen LogP contribution in [0.3, 0.4) is 0 Å². The summed E-state index contributed by atoms with van der Waals surface area (Å²) in [5.74, 6) is -1.93. The molecule has 1 amide bonds. The summed E-state index contributed by atoms with van der Waals surface area (Å²) in [5, 5.41) is 11.9. The van der Waals surface area contributed by atoms with E-state index in [1.165, 1.54) is 12.1 Å². The molecule has 0 bridgehead atoms. The zero-order valence-corrected chi connectivity index (χ0v) is 10.6. The molecular formula is C12H8BrFN2O2. The minimum absolute atomic E-state index is 0.394. The van der Waals surface area contributed by atoms with Crippen molar-refractivity contribution >= 4 is 27.5 Å². The normalized spacial score (nSPS) is 10.1. The van der Waals surface area contributed by atoms with Gasteiger partial charge in [0, 0.05) is 6.20 Å². The van der Waals surface area contributed by atoms with Crippen LogP contribution < -0.4 is 5.32 Å². The number of pyridine rings is 1. The van der Waals surface area contributed by atoms with Crippen LogP contribution in [0.15, 0.2) is 41.1 Å². The number of anilines is 1. The zero-order chi connectivity index (χ0) is 13.1. The molecule has 1 aromatic heterocycles. The number of nitrogens with zero attached hydrogens (tertiary/aromatic N) is 1. The summed E-state index contributed by atoms with van der Waals surface area (Å²) in [7, 11) is 0. The van der Waals surface area contributed by atoms with Gasteiger partial charge in [-0.15, -0.1) is 0 Å². The molecule has 0 aliphatic carbocycles. The maximum Gasteiger partial charge on any atom is 0.262 e. The fourth-order valence-corrected chi connectivity index (χ4v) is 1.75. The molecule has 1 heterocycles. The summed E-state index contributed by atoms with van der Waals surface area (Å²) in [5.41, 5.74) is -0.00148. The highest BCUT2D eigenvalue weighted by atomic mass is 79.9. The van der Waals surface area contributed by atoms with Crippen LogP contribution in [0, 0.1) is 5.82 Å². The van der Waals surface area contributed by atoms with Crippen LogP contribution in [0.5, 0.6) is 5.75 Å². The molecule has 1 aromatic carbocycles. The summed E-state index contributed by atoms with van der Waals surface area (Å²) >= 11 is 3.15. The average Bonchev–Trinajstić information content (AvgIpc) is 2.32. The van der Waals surface area contributed by atoms with Gasteiger partial charge >= 0.3 is 0 Å². The standard InChI is InChI=1S/C12H8BrFN2O2/c13-11-8(4-2-6-15-11)16-12(18)10-7(14)3-1-5-9(10)17/h1-6,17H,(H,16,18). The summed E-state index contributed by atoms with van der Waals surface area (Å²) in [6.45, 7) is 0. The number of aromatic nitrogens is 1. The SMILES string of the molecule is O=C(Nc1cccnc1Br)c1c(O)cccc1F. The molecular weight excluding hydrogens is 303 g/mol. The van der Waals surface area contributed by atoms with E-state index in [1.807, 2.05) is 0 Å². The summed E-state index contributed by atoms with van der Waals surface area (Å²) in [6, 6.07) is 6.90. The van der Waals surface area contributed by atoms with Crippen LogP contribution in [0.25, 0.3) is 0 Å². The average molecular weight is 311 g/mol. The number of phenols is 1. The van der Waals surface area contributed by atoms with Gasteiger partial charge in [0.2, 0.25) is 0 Å². The molecule has 0 fully saturated rings. The molecule has 4 nitrogen and oxygen atoms in total. The Morgan fingerprint density at radius 1 is 1.33 bits per heavy atom. The Hall–Kier alpha value is -1.95. The highest BCUT2D eigenvalue weighted by molar-refractivity contribution is 9.10. The van der Waals surface area contributed by atoms with Crippen LogP contribution in [0.1, 0.15) is 10.4 Å². The molecule has 0 saturated carbocycles. The Kier molecular flexibility index (Phi) is 3.57. The molecule has 2 N–H and O–H groups in total. The van der Waals surface area contributed by atoms with Crippen molar-refractivity contribution in [3.05, 3.63) is 52.5 Å². The molecule has 2 rings (SSSR count). The van der Waals surface area contributed by atoms with Gasteiger partial charge in [-0.1, -0.05) is 6.07 Å². The summed E-state index contributed by atoms with van der Waals surface area (Å²) < 4.78 is 13.9. The summed E-state index contributed by atoms with van der Waals surface area (Å²) in [6.07, 6.45) is 1.54. The largest absolute Gasteiger partial charge is 0.507 e. The van der Waals surface area contributed by atoms with E-state index >= 15 is 0 Å². The number of carbonyl (C=O) groups is 1. The van der Waals surface area contributed by atoms with Crippen LogP contribution in [-0.2, 0) is 0 Å². The van der Waals surface area contributed by atoms with Crippen LogP contribution >= 0.6 is 15.9 Å². The van der Waals surface area contributed by atoms with Gasteiger partial charge in [-0.3, -0.25) is 4.79 Å². The number of hydrogen-bond acceptors (Lipinski definition) is 3. The second-order valence-corrected chi connectivity index (χ2v) is 4.18. The van der Waals surface area contributed by atoms with Gasteiger partial charge in [0.1, 0.15) is 21.7 Å². The van der Waals surface area contributed by atoms with Crippen molar-refractivity contribution in [2.24, 2.45) is 0 Å². The Labute approximate surface area is 111 Å². The van der Waals surface area contributed by atoms with Crippen LogP contribution in [0.4, 0.5) is 10.1 Å². The number of amides is 1. The molecule has 6 heteroatoms. The molecule has 0 aliphatic heterocycles. The van der Waals surface area contributed by atoms with Gasteiger partial charge in [-0.2, -0.15) is 0 Å². The van der Waals surface area contributed by atoms with Gasteiger partial charge in [0.15, 0.2) is 0 Å². The molecule has 2 aromatic rings. The lowest BCUT2D eigenvalue weighted by atomic mass is 10.1. The fraction of sp³-hybridized carbons (Fsp3) is 0. The minimum atomic E-state index is -0.785. The number of phenolic OH excluding ortho intramolecular Hbond substituents is 1. The molecule has 0 aliphatic rings. The monoisotopic (exact) mass is 310 g/mol. The first-order valence-electron chi connectivity index (χ1n) is 4.99. The van der Waals surface area contributed by atoms with Crippen LogP contribution in [-0.4, -0.2) is 16.0 Å². The number of halogens is 2. The molecule has 0 radical (unpaired) electrons. The molecule has 0 spiro atoms. The second kappa shape index (κ2) is 5.14. The number of hydrogen-bond donors (Lipinski definition) is 2. The van der Waals surface area contributed by atoms with E-state index < -0.39 is 23.0 Å². The van der Waals surface area contributed by atoms with Gasteiger partial charge in [0.05, 0.1) is 5.69 Å². The predicted molar refractivity (Wildman–Crippen MR) is 68.0 cm³/mol. The third-order valence-electron chi connectivity index (χ3n) is 2.23. The van der Waals surface area contributed by atoms with Crippen molar-refractivity contribution in [2.75, 3.05) is 5.32 Å². The van der Waals surface area contributed by atoms with E-state index in [2.05, 4.69) is 26.2 Å². The Balaban J connectivity index is 2.31. The number of benzene rings is 1. The maximum absolute atomic E-state index is 13.5.